The van der Waals surface area contributed by atoms with E-state index in [4.69, 9.17) is 9.15 Å². The summed E-state index contributed by atoms with van der Waals surface area (Å²) in [7, 11) is 0. The van der Waals surface area contributed by atoms with Crippen molar-refractivity contribution in [2.45, 2.75) is 33.3 Å². The minimum Gasteiger partial charge on any atom is -0.457 e. The minimum absolute atomic E-state index is 0.00221. The third-order valence-corrected chi connectivity index (χ3v) is 5.22. The Morgan fingerprint density at radius 3 is 2.71 bits per heavy atom. The lowest BCUT2D eigenvalue weighted by Gasteiger charge is -2.19. The van der Waals surface area contributed by atoms with Crippen LogP contribution in [0.3, 0.4) is 0 Å². The van der Waals surface area contributed by atoms with Crippen LogP contribution in [-0.4, -0.2) is 24.0 Å². The topological polar surface area (TPSA) is 72.6 Å². The highest BCUT2D eigenvalue weighted by molar-refractivity contribution is 5.95. The molecule has 0 bridgehead atoms. The fourth-order valence-corrected chi connectivity index (χ4v) is 3.56. The number of benzene rings is 1. The van der Waals surface area contributed by atoms with Gasteiger partial charge >= 0.3 is 11.6 Å². The summed E-state index contributed by atoms with van der Waals surface area (Å²) in [6.07, 6.45) is 3.87. The van der Waals surface area contributed by atoms with Crippen LogP contribution in [0.4, 0.5) is 5.82 Å². The standard InChI is InChI=1S/C22H22N2O4/c1-14-10-18-16(12-20(25)28-19(18)11-15(14)2)13-27-22(26)17-6-5-7-23-21(17)24-8-3-4-9-24/h5-7,10-12H,3-4,8-9,13H2,1-2H3. The lowest BCUT2D eigenvalue weighted by molar-refractivity contribution is 0.0474. The van der Waals surface area contributed by atoms with E-state index in [-0.39, 0.29) is 6.61 Å². The molecule has 0 spiro atoms. The van der Waals surface area contributed by atoms with Gasteiger partial charge in [-0.15, -0.1) is 0 Å². The third-order valence-electron chi connectivity index (χ3n) is 5.22. The van der Waals surface area contributed by atoms with E-state index in [1.54, 1.807) is 18.3 Å². The summed E-state index contributed by atoms with van der Waals surface area (Å²) < 4.78 is 10.9. The fraction of sp³-hybridized carbons (Fsp3) is 0.318. The first-order valence-corrected chi connectivity index (χ1v) is 9.44. The Bertz CT molecular complexity index is 1100. The van der Waals surface area contributed by atoms with Gasteiger partial charge in [0, 0.05) is 36.3 Å². The highest BCUT2D eigenvalue weighted by atomic mass is 16.5. The van der Waals surface area contributed by atoms with E-state index in [9.17, 15) is 9.59 Å². The number of aryl methyl sites for hydroxylation is 2. The normalized spacial score (nSPS) is 13.9. The molecular weight excluding hydrogens is 356 g/mol. The van der Waals surface area contributed by atoms with Crippen molar-refractivity contribution in [3.8, 4) is 0 Å². The number of pyridine rings is 1. The lowest BCUT2D eigenvalue weighted by Crippen LogP contribution is -2.22. The smallest absolute Gasteiger partial charge is 0.342 e. The molecule has 144 valence electrons. The first-order valence-electron chi connectivity index (χ1n) is 9.44. The highest BCUT2D eigenvalue weighted by Gasteiger charge is 2.21. The summed E-state index contributed by atoms with van der Waals surface area (Å²) in [5, 5.41) is 0.779. The molecule has 6 nitrogen and oxygen atoms in total. The number of fused-ring (bicyclic) bond motifs is 1. The predicted molar refractivity (Wildman–Crippen MR) is 107 cm³/mol. The third kappa shape index (κ3) is 3.50. The van der Waals surface area contributed by atoms with Crippen LogP contribution < -0.4 is 10.5 Å². The average molecular weight is 378 g/mol. The number of carbonyl (C=O) groups excluding carboxylic acids is 1. The van der Waals surface area contributed by atoms with Crippen molar-refractivity contribution in [3.63, 3.8) is 0 Å². The molecule has 2 aromatic heterocycles. The van der Waals surface area contributed by atoms with Crippen molar-refractivity contribution >= 4 is 22.8 Å². The van der Waals surface area contributed by atoms with Crippen LogP contribution >= 0.6 is 0 Å². The molecule has 1 aliphatic rings. The predicted octanol–water partition coefficient (Wildman–Crippen LogP) is 3.76. The molecule has 0 aliphatic carbocycles. The van der Waals surface area contributed by atoms with Gasteiger partial charge < -0.3 is 14.1 Å². The molecule has 3 heterocycles. The zero-order valence-electron chi connectivity index (χ0n) is 16.0. The van der Waals surface area contributed by atoms with Crippen LogP contribution in [0.5, 0.6) is 0 Å². The summed E-state index contributed by atoms with van der Waals surface area (Å²) in [5.74, 6) is 0.217. The van der Waals surface area contributed by atoms with Gasteiger partial charge in [-0.3, -0.25) is 0 Å². The summed E-state index contributed by atoms with van der Waals surface area (Å²) in [6, 6.07) is 8.64. The van der Waals surface area contributed by atoms with Crippen molar-refractivity contribution in [2.24, 2.45) is 0 Å². The number of nitrogens with zero attached hydrogens (tertiary/aromatic N) is 2. The SMILES string of the molecule is Cc1cc2oc(=O)cc(COC(=O)c3cccnc3N3CCCC3)c2cc1C. The first-order chi connectivity index (χ1) is 13.5. The van der Waals surface area contributed by atoms with Crippen molar-refractivity contribution in [3.05, 3.63) is 69.2 Å². The maximum Gasteiger partial charge on any atom is 0.342 e. The molecule has 0 unspecified atom stereocenters. The Balaban J connectivity index is 1.61. The van der Waals surface area contributed by atoms with E-state index in [2.05, 4.69) is 9.88 Å². The molecule has 0 N–H and O–H groups in total. The van der Waals surface area contributed by atoms with Crippen molar-refractivity contribution in [1.82, 2.24) is 4.98 Å². The molecule has 1 fully saturated rings. The van der Waals surface area contributed by atoms with E-state index in [1.165, 1.54) is 6.07 Å². The second kappa shape index (κ2) is 7.46. The summed E-state index contributed by atoms with van der Waals surface area (Å²) in [6.45, 7) is 5.73. The Kier molecular flexibility index (Phi) is 4.86. The van der Waals surface area contributed by atoms with E-state index in [0.717, 1.165) is 42.4 Å². The van der Waals surface area contributed by atoms with E-state index >= 15 is 0 Å². The molecule has 0 atom stereocenters. The number of carbonyl (C=O) groups is 1. The maximum absolute atomic E-state index is 12.7. The molecule has 3 aromatic rings. The molecule has 6 heteroatoms. The number of hydrogen-bond acceptors (Lipinski definition) is 6. The zero-order chi connectivity index (χ0) is 19.7. The van der Waals surface area contributed by atoms with E-state index in [0.29, 0.717) is 22.5 Å². The molecule has 1 aromatic carbocycles. The van der Waals surface area contributed by atoms with Crippen LogP contribution in [0, 0.1) is 13.8 Å². The van der Waals surface area contributed by atoms with Crippen molar-refractivity contribution < 1.29 is 13.9 Å². The summed E-state index contributed by atoms with van der Waals surface area (Å²) in [4.78, 5) is 31.2. The van der Waals surface area contributed by atoms with Gasteiger partial charge in [0.15, 0.2) is 0 Å². The number of anilines is 1. The van der Waals surface area contributed by atoms with Crippen molar-refractivity contribution in [2.75, 3.05) is 18.0 Å². The molecule has 1 saturated heterocycles. The van der Waals surface area contributed by atoms with Crippen LogP contribution in [0.1, 0.15) is 39.9 Å². The molecular formula is C22H22N2O4. The van der Waals surface area contributed by atoms with Gasteiger partial charge in [0.1, 0.15) is 23.6 Å². The number of ether oxygens (including phenoxy) is 1. The van der Waals surface area contributed by atoms with Gasteiger partial charge in [-0.25, -0.2) is 14.6 Å². The number of rotatable bonds is 4. The minimum atomic E-state index is -0.457. The average Bonchev–Trinajstić information content (AvgIpc) is 3.22. The Labute approximate surface area is 162 Å². The summed E-state index contributed by atoms with van der Waals surface area (Å²) in [5.41, 5.74) is 3.24. The van der Waals surface area contributed by atoms with Crippen LogP contribution in [0.15, 0.2) is 45.7 Å². The van der Waals surface area contributed by atoms with E-state index < -0.39 is 11.6 Å². The molecule has 0 saturated carbocycles. The van der Waals surface area contributed by atoms with Crippen LogP contribution in [-0.2, 0) is 11.3 Å². The zero-order valence-corrected chi connectivity index (χ0v) is 16.0. The Morgan fingerprint density at radius 2 is 1.93 bits per heavy atom. The second-order valence-electron chi connectivity index (χ2n) is 7.17. The quantitative estimate of drug-likeness (QED) is 0.508. The molecule has 0 radical (unpaired) electrons. The van der Waals surface area contributed by atoms with Gasteiger partial charge in [-0.1, -0.05) is 0 Å². The molecule has 4 rings (SSSR count). The molecule has 0 amide bonds. The van der Waals surface area contributed by atoms with Gasteiger partial charge in [-0.05, 0) is 62.1 Å². The number of aromatic nitrogens is 1. The molecule has 1 aliphatic heterocycles. The van der Waals surface area contributed by atoms with Gasteiger partial charge in [0.05, 0.1) is 0 Å². The van der Waals surface area contributed by atoms with Crippen LogP contribution in [0.2, 0.25) is 0 Å². The van der Waals surface area contributed by atoms with E-state index in [1.807, 2.05) is 26.0 Å². The van der Waals surface area contributed by atoms with Gasteiger partial charge in [-0.2, -0.15) is 0 Å². The maximum atomic E-state index is 12.7. The summed E-state index contributed by atoms with van der Waals surface area (Å²) >= 11 is 0. The monoisotopic (exact) mass is 378 g/mol. The molecule has 28 heavy (non-hydrogen) atoms. The number of hydrogen-bond donors (Lipinski definition) is 0. The van der Waals surface area contributed by atoms with Crippen molar-refractivity contribution in [1.29, 1.82) is 0 Å². The second-order valence-corrected chi connectivity index (χ2v) is 7.17. The lowest BCUT2D eigenvalue weighted by atomic mass is 10.0. The van der Waals surface area contributed by atoms with Gasteiger partial charge in [0.2, 0.25) is 0 Å². The van der Waals surface area contributed by atoms with Crippen LogP contribution in [0.25, 0.3) is 11.0 Å². The highest BCUT2D eigenvalue weighted by Crippen LogP contribution is 2.25. The Hall–Kier alpha value is -3.15. The number of esters is 1. The first kappa shape index (κ1) is 18.2. The largest absolute Gasteiger partial charge is 0.457 e. The Morgan fingerprint density at radius 1 is 1.18 bits per heavy atom. The fourth-order valence-electron chi connectivity index (χ4n) is 3.56. The van der Waals surface area contributed by atoms with Gasteiger partial charge in [0.25, 0.3) is 0 Å².